The highest BCUT2D eigenvalue weighted by Crippen LogP contribution is 2.34. The minimum atomic E-state index is -5.22. The van der Waals surface area contributed by atoms with Crippen LogP contribution in [-0.4, -0.2) is 59.7 Å². The zero-order chi connectivity index (χ0) is 24.5. The van der Waals surface area contributed by atoms with Gasteiger partial charge in [-0.1, -0.05) is 18.2 Å². The zero-order valence-electron chi connectivity index (χ0n) is 18.5. The Hall–Kier alpha value is -3.60. The summed E-state index contributed by atoms with van der Waals surface area (Å²) < 4.78 is 47.8. The summed E-state index contributed by atoms with van der Waals surface area (Å²) in [5.41, 5.74) is 1.52. The minimum Gasteiger partial charge on any atom is -0.493 e. The molecular weight excluding hydrogens is 453 g/mol. The van der Waals surface area contributed by atoms with Crippen molar-refractivity contribution in [2.24, 2.45) is 0 Å². The van der Waals surface area contributed by atoms with Crippen molar-refractivity contribution in [2.75, 3.05) is 20.7 Å². The minimum absolute atomic E-state index is 0.0979. The van der Waals surface area contributed by atoms with Crippen LogP contribution in [0.1, 0.15) is 35.1 Å². The molecule has 0 bridgehead atoms. The van der Waals surface area contributed by atoms with Gasteiger partial charge in [-0.05, 0) is 44.2 Å². The molecule has 1 amide bonds. The summed E-state index contributed by atoms with van der Waals surface area (Å²) in [6, 6.07) is 11.3. The van der Waals surface area contributed by atoms with Crippen molar-refractivity contribution >= 4 is 22.9 Å². The van der Waals surface area contributed by atoms with Gasteiger partial charge in [0.05, 0.1) is 29.7 Å². The Bertz CT molecular complexity index is 1180. The summed E-state index contributed by atoms with van der Waals surface area (Å²) in [5, 5.41) is 2.86. The van der Waals surface area contributed by atoms with Crippen molar-refractivity contribution in [3.05, 3.63) is 53.9 Å². The number of rotatable bonds is 5. The van der Waals surface area contributed by atoms with Crippen molar-refractivity contribution in [3.8, 4) is 11.5 Å². The number of aromatic amines is 1. The largest absolute Gasteiger partial charge is 0.493 e. The molecule has 4 rings (SSSR count). The summed E-state index contributed by atoms with van der Waals surface area (Å²) in [6.45, 7) is 0.667. The number of nitrogens with one attached hydrogen (secondary N) is 2. The first kappa shape index (κ1) is 23.6. The van der Waals surface area contributed by atoms with Crippen LogP contribution in [0.3, 0.4) is 0 Å². The van der Waals surface area contributed by atoms with Gasteiger partial charge in [0.2, 0.25) is 0 Å². The predicted molar refractivity (Wildman–Crippen MR) is 117 cm³/mol. The first-order valence-corrected chi connectivity index (χ1v) is 10.6. The number of amides is 1. The van der Waals surface area contributed by atoms with E-state index in [2.05, 4.69) is 24.9 Å². The van der Waals surface area contributed by atoms with Gasteiger partial charge in [-0.15, -0.1) is 0 Å². The molecule has 0 unspecified atom stereocenters. The Morgan fingerprint density at radius 3 is 2.65 bits per heavy atom. The van der Waals surface area contributed by atoms with Gasteiger partial charge in [0.1, 0.15) is 5.82 Å². The maximum Gasteiger partial charge on any atom is 0.491 e. The van der Waals surface area contributed by atoms with Crippen LogP contribution < -0.4 is 14.8 Å². The quantitative estimate of drug-likeness (QED) is 0.432. The lowest BCUT2D eigenvalue weighted by molar-refractivity contribution is -0.189. The number of alkyl halides is 3. The van der Waals surface area contributed by atoms with E-state index >= 15 is 0 Å². The summed E-state index contributed by atoms with van der Waals surface area (Å²) in [7, 11) is 3.17. The number of hydrogen-bond donors (Lipinski definition) is 2. The number of carbonyl (C=O) groups is 2. The highest BCUT2D eigenvalue weighted by Gasteiger charge is 2.42. The third-order valence-electron chi connectivity index (χ3n) is 5.80. The summed E-state index contributed by atoms with van der Waals surface area (Å²) in [5.74, 6) is -3.07. The number of piperidine rings is 1. The van der Waals surface area contributed by atoms with Gasteiger partial charge in [-0.25, -0.2) is 9.78 Å². The molecule has 8 nitrogen and oxygen atoms in total. The second-order valence-electron chi connectivity index (χ2n) is 8.05. The SMILES string of the molecule is COc1cccc(C(=O)N[C@@H]2CCN(C)[C@@H](c3nc4ccccc4[nH]3)C2)c1OC(=O)C(F)(F)F. The summed E-state index contributed by atoms with van der Waals surface area (Å²) in [4.78, 5) is 34.6. The van der Waals surface area contributed by atoms with Gasteiger partial charge in [0.25, 0.3) is 5.91 Å². The second kappa shape index (κ2) is 9.34. The summed E-state index contributed by atoms with van der Waals surface area (Å²) >= 11 is 0. The maximum atomic E-state index is 13.0. The predicted octanol–water partition coefficient (Wildman–Crippen LogP) is 3.60. The van der Waals surface area contributed by atoms with Crippen LogP contribution in [-0.2, 0) is 4.79 Å². The number of likely N-dealkylation sites (tertiary alicyclic amines) is 1. The number of nitrogens with zero attached hydrogens (tertiary/aromatic N) is 2. The van der Waals surface area contributed by atoms with Crippen molar-refractivity contribution in [2.45, 2.75) is 31.1 Å². The molecule has 0 aliphatic carbocycles. The molecule has 2 aromatic carbocycles. The molecule has 0 spiro atoms. The van der Waals surface area contributed by atoms with Crippen molar-refractivity contribution in [1.29, 1.82) is 0 Å². The Morgan fingerprint density at radius 1 is 1.18 bits per heavy atom. The molecule has 2 N–H and O–H groups in total. The van der Waals surface area contributed by atoms with E-state index in [0.717, 1.165) is 16.9 Å². The topological polar surface area (TPSA) is 96.6 Å². The van der Waals surface area contributed by atoms with Gasteiger partial charge in [0.15, 0.2) is 11.5 Å². The lowest BCUT2D eigenvalue weighted by atomic mass is 9.96. The molecule has 0 radical (unpaired) electrons. The molecule has 1 saturated heterocycles. The molecule has 11 heteroatoms. The van der Waals surface area contributed by atoms with Crippen LogP contribution in [0.25, 0.3) is 11.0 Å². The van der Waals surface area contributed by atoms with Gasteiger partial charge in [-0.3, -0.25) is 9.69 Å². The van der Waals surface area contributed by atoms with E-state index in [1.54, 1.807) is 0 Å². The van der Waals surface area contributed by atoms with Gasteiger partial charge < -0.3 is 19.8 Å². The molecule has 34 heavy (non-hydrogen) atoms. The van der Waals surface area contributed by atoms with Gasteiger partial charge >= 0.3 is 12.1 Å². The van der Waals surface area contributed by atoms with Crippen LogP contribution in [0, 0.1) is 0 Å². The number of hydrogen-bond acceptors (Lipinski definition) is 6. The fraction of sp³-hybridized carbons (Fsp3) is 0.348. The number of benzene rings is 2. The highest BCUT2D eigenvalue weighted by atomic mass is 19.4. The lowest BCUT2D eigenvalue weighted by Gasteiger charge is -2.36. The number of esters is 1. The first-order valence-electron chi connectivity index (χ1n) is 10.6. The van der Waals surface area contributed by atoms with Crippen LogP contribution in [0.2, 0.25) is 0 Å². The third-order valence-corrected chi connectivity index (χ3v) is 5.80. The number of methoxy groups -OCH3 is 1. The van der Waals surface area contributed by atoms with Gasteiger partial charge in [-0.2, -0.15) is 13.2 Å². The first-order chi connectivity index (χ1) is 16.2. The molecule has 1 aliphatic rings. The van der Waals surface area contributed by atoms with E-state index in [1.165, 1.54) is 25.3 Å². The molecule has 0 saturated carbocycles. The molecule has 1 aromatic heterocycles. The number of imidazole rings is 1. The molecule has 180 valence electrons. The van der Waals surface area contributed by atoms with Crippen LogP contribution in [0.4, 0.5) is 13.2 Å². The fourth-order valence-electron chi connectivity index (χ4n) is 4.04. The number of halogens is 3. The molecule has 1 fully saturated rings. The van der Waals surface area contributed by atoms with E-state index in [-0.39, 0.29) is 23.4 Å². The molecule has 2 heterocycles. The number of ether oxygens (including phenoxy) is 2. The summed E-state index contributed by atoms with van der Waals surface area (Å²) in [6.07, 6.45) is -4.06. The molecule has 1 aliphatic heterocycles. The number of H-pyrrole nitrogens is 1. The Labute approximate surface area is 193 Å². The fourth-order valence-corrected chi connectivity index (χ4v) is 4.04. The van der Waals surface area contributed by atoms with Crippen molar-refractivity contribution in [1.82, 2.24) is 20.2 Å². The number of aromatic nitrogens is 2. The Balaban J connectivity index is 1.53. The van der Waals surface area contributed by atoms with Crippen molar-refractivity contribution < 1.29 is 32.2 Å². The van der Waals surface area contributed by atoms with Crippen LogP contribution in [0.5, 0.6) is 11.5 Å². The van der Waals surface area contributed by atoms with Gasteiger partial charge in [0, 0.05) is 12.6 Å². The molecular formula is C23H23F3N4O4. The number of para-hydroxylation sites is 3. The van der Waals surface area contributed by atoms with Crippen molar-refractivity contribution in [3.63, 3.8) is 0 Å². The van der Waals surface area contributed by atoms with E-state index in [9.17, 15) is 22.8 Å². The zero-order valence-corrected chi connectivity index (χ0v) is 18.5. The van der Waals surface area contributed by atoms with E-state index in [1.807, 2.05) is 31.3 Å². The smallest absolute Gasteiger partial charge is 0.491 e. The maximum absolute atomic E-state index is 13.0. The molecule has 3 aromatic rings. The Morgan fingerprint density at radius 2 is 1.94 bits per heavy atom. The average Bonchev–Trinajstić information content (AvgIpc) is 3.23. The standard InChI is InChI=1S/C23H23F3N4O4/c1-30-11-10-13(12-17(30)20-28-15-7-3-4-8-16(15)29-20)27-21(31)14-6-5-9-18(33-2)19(14)34-22(32)23(24,25)26/h3-9,13,17H,10-12H2,1-2H3,(H,27,31)(H,28,29)/t13-,17-/m1/s1. The number of fused-ring (bicyclic) bond motifs is 1. The third kappa shape index (κ3) is 4.84. The highest BCUT2D eigenvalue weighted by molar-refractivity contribution is 5.99. The van der Waals surface area contributed by atoms with E-state index in [4.69, 9.17) is 4.74 Å². The normalized spacial score (nSPS) is 19.1. The number of carbonyl (C=O) groups excluding carboxylic acids is 2. The Kier molecular flexibility index (Phi) is 6.47. The van der Waals surface area contributed by atoms with Crippen LogP contribution in [0.15, 0.2) is 42.5 Å². The van der Waals surface area contributed by atoms with E-state index in [0.29, 0.717) is 19.4 Å². The monoisotopic (exact) mass is 476 g/mol. The molecule has 2 atom stereocenters. The second-order valence-corrected chi connectivity index (χ2v) is 8.05. The van der Waals surface area contributed by atoms with Crippen LogP contribution >= 0.6 is 0 Å². The average molecular weight is 476 g/mol. The lowest BCUT2D eigenvalue weighted by Crippen LogP contribution is -2.45. The van der Waals surface area contributed by atoms with E-state index < -0.39 is 23.8 Å².